The van der Waals surface area contributed by atoms with Crippen molar-refractivity contribution in [3.8, 4) is 0 Å². The van der Waals surface area contributed by atoms with Crippen molar-refractivity contribution in [3.63, 3.8) is 0 Å². The first-order valence-corrected chi connectivity index (χ1v) is 9.85. The largest absolute Gasteiger partial charge is 0.416 e. The third-order valence-corrected chi connectivity index (χ3v) is 5.94. The molecule has 1 aromatic carbocycles. The molecule has 1 aromatic rings. The Morgan fingerprint density at radius 2 is 2.00 bits per heavy atom. The highest BCUT2D eigenvalue weighted by Crippen LogP contribution is 2.43. The van der Waals surface area contributed by atoms with Crippen LogP contribution in [0, 0.1) is 0 Å². The van der Waals surface area contributed by atoms with Gasteiger partial charge in [-0.3, -0.25) is 9.69 Å². The molecule has 3 aliphatic rings. The third kappa shape index (κ3) is 4.18. The van der Waals surface area contributed by atoms with Crippen molar-refractivity contribution in [2.75, 3.05) is 26.3 Å². The molecule has 3 fully saturated rings. The lowest BCUT2D eigenvalue weighted by atomic mass is 9.97. The number of aliphatic hydroxyl groups is 1. The van der Waals surface area contributed by atoms with Gasteiger partial charge in [-0.05, 0) is 55.4 Å². The molecular formula is C20H25F3N2O3. The van der Waals surface area contributed by atoms with Crippen molar-refractivity contribution < 1.29 is 27.8 Å². The lowest BCUT2D eigenvalue weighted by Gasteiger charge is -2.38. The summed E-state index contributed by atoms with van der Waals surface area (Å²) in [6.45, 7) is 2.30. The van der Waals surface area contributed by atoms with Crippen LogP contribution in [0.1, 0.15) is 53.1 Å². The molecule has 1 unspecified atom stereocenters. The molecule has 2 saturated heterocycles. The Morgan fingerprint density at radius 3 is 2.64 bits per heavy atom. The van der Waals surface area contributed by atoms with E-state index in [1.54, 1.807) is 0 Å². The molecule has 2 N–H and O–H groups in total. The molecule has 3 atom stereocenters. The van der Waals surface area contributed by atoms with E-state index in [4.69, 9.17) is 4.74 Å². The smallest absolute Gasteiger partial charge is 0.392 e. The molecule has 1 aliphatic carbocycles. The number of ether oxygens (including phenoxy) is 1. The van der Waals surface area contributed by atoms with Crippen molar-refractivity contribution in [2.24, 2.45) is 0 Å². The quantitative estimate of drug-likeness (QED) is 0.818. The van der Waals surface area contributed by atoms with E-state index >= 15 is 0 Å². The number of β-amino-alcohol motifs (C(OH)–C–C–N with tert-alkyl or cyclic N) is 1. The summed E-state index contributed by atoms with van der Waals surface area (Å²) in [6, 6.07) is 3.21. The summed E-state index contributed by atoms with van der Waals surface area (Å²) in [5.41, 5.74) is 0.0920. The third-order valence-electron chi connectivity index (χ3n) is 5.94. The maximum Gasteiger partial charge on any atom is 0.416 e. The van der Waals surface area contributed by atoms with Gasteiger partial charge >= 0.3 is 6.18 Å². The molecule has 1 saturated carbocycles. The van der Waals surface area contributed by atoms with Gasteiger partial charge in [-0.2, -0.15) is 13.2 Å². The number of halogens is 3. The molecule has 0 aromatic heterocycles. The maximum atomic E-state index is 13.1. The second-order valence-corrected chi connectivity index (χ2v) is 8.02. The molecule has 0 bridgehead atoms. The minimum absolute atomic E-state index is 0.0233. The lowest BCUT2D eigenvalue weighted by Crippen LogP contribution is -2.56. The summed E-state index contributed by atoms with van der Waals surface area (Å²) < 4.78 is 44.7. The topological polar surface area (TPSA) is 61.8 Å². The average Bonchev–Trinajstić information content (AvgIpc) is 3.42. The minimum atomic E-state index is -4.42. The van der Waals surface area contributed by atoms with Gasteiger partial charge in [0.15, 0.2) is 0 Å². The van der Waals surface area contributed by atoms with E-state index < -0.39 is 11.7 Å². The number of alkyl halides is 3. The SMILES string of the molecule is O=C(N[C@@H]1COCC[C@H]1N1CCC(O)C1)c1ccc(C(F)(F)F)cc1C1CC1. The van der Waals surface area contributed by atoms with E-state index in [1.165, 1.54) is 6.07 Å². The van der Waals surface area contributed by atoms with Gasteiger partial charge in [-0.15, -0.1) is 0 Å². The average molecular weight is 398 g/mol. The van der Waals surface area contributed by atoms with Crippen LogP contribution in [-0.2, 0) is 10.9 Å². The van der Waals surface area contributed by atoms with Crippen LogP contribution in [0.2, 0.25) is 0 Å². The lowest BCUT2D eigenvalue weighted by molar-refractivity contribution is -0.137. The van der Waals surface area contributed by atoms with Crippen LogP contribution in [0.4, 0.5) is 13.2 Å². The molecule has 0 spiro atoms. The molecular weight excluding hydrogens is 373 g/mol. The van der Waals surface area contributed by atoms with Gasteiger partial charge in [-0.25, -0.2) is 0 Å². The summed E-state index contributed by atoms with van der Waals surface area (Å²) >= 11 is 0. The van der Waals surface area contributed by atoms with Crippen molar-refractivity contribution in [2.45, 2.75) is 56.0 Å². The Labute approximate surface area is 161 Å². The predicted octanol–water partition coefficient (Wildman–Crippen LogP) is 2.54. The molecule has 5 nitrogen and oxygen atoms in total. The van der Waals surface area contributed by atoms with Gasteiger partial charge in [0, 0.05) is 31.3 Å². The number of nitrogens with one attached hydrogen (secondary N) is 1. The van der Waals surface area contributed by atoms with E-state index in [9.17, 15) is 23.1 Å². The Balaban J connectivity index is 1.52. The number of amides is 1. The van der Waals surface area contributed by atoms with E-state index in [0.717, 1.165) is 37.9 Å². The number of benzene rings is 1. The number of hydrogen-bond donors (Lipinski definition) is 2. The zero-order chi connectivity index (χ0) is 19.9. The van der Waals surface area contributed by atoms with Crippen LogP contribution >= 0.6 is 0 Å². The second-order valence-electron chi connectivity index (χ2n) is 8.02. The van der Waals surface area contributed by atoms with Gasteiger partial charge < -0.3 is 15.2 Å². The van der Waals surface area contributed by atoms with Crippen LogP contribution in [0.5, 0.6) is 0 Å². The highest BCUT2D eigenvalue weighted by molar-refractivity contribution is 5.96. The van der Waals surface area contributed by atoms with Gasteiger partial charge in [0.2, 0.25) is 0 Å². The van der Waals surface area contributed by atoms with E-state index in [2.05, 4.69) is 10.2 Å². The Morgan fingerprint density at radius 1 is 1.21 bits per heavy atom. The molecule has 28 heavy (non-hydrogen) atoms. The number of hydrogen-bond acceptors (Lipinski definition) is 4. The highest BCUT2D eigenvalue weighted by Gasteiger charge is 2.38. The molecule has 154 valence electrons. The van der Waals surface area contributed by atoms with E-state index in [-0.39, 0.29) is 30.0 Å². The standard InChI is InChI=1S/C20H25F3N2O3/c21-20(22,23)13-3-4-15(16(9-13)12-1-2-12)19(27)24-17-11-28-8-6-18(17)25-7-5-14(26)10-25/h3-4,9,12,14,17-18,26H,1-2,5-8,10-11H2,(H,24,27)/t14?,17-,18-/m1/s1. The maximum absolute atomic E-state index is 13.1. The van der Waals surface area contributed by atoms with Gasteiger partial charge in [-0.1, -0.05) is 0 Å². The highest BCUT2D eigenvalue weighted by atomic mass is 19.4. The first-order chi connectivity index (χ1) is 13.3. The predicted molar refractivity (Wildman–Crippen MR) is 96.1 cm³/mol. The van der Waals surface area contributed by atoms with Crippen molar-refractivity contribution in [3.05, 3.63) is 34.9 Å². The summed E-state index contributed by atoms with van der Waals surface area (Å²) in [4.78, 5) is 15.1. The van der Waals surface area contributed by atoms with Gasteiger partial charge in [0.05, 0.1) is 24.3 Å². The molecule has 0 radical (unpaired) electrons. The van der Waals surface area contributed by atoms with Gasteiger partial charge in [0.25, 0.3) is 5.91 Å². The second kappa shape index (κ2) is 7.65. The first-order valence-electron chi connectivity index (χ1n) is 9.85. The monoisotopic (exact) mass is 398 g/mol. The zero-order valence-corrected chi connectivity index (χ0v) is 15.5. The Hall–Kier alpha value is -1.64. The summed E-state index contributed by atoms with van der Waals surface area (Å²) in [7, 11) is 0. The van der Waals surface area contributed by atoms with Crippen LogP contribution in [-0.4, -0.2) is 60.4 Å². The van der Waals surface area contributed by atoms with Gasteiger partial charge in [0.1, 0.15) is 0 Å². The summed E-state index contributed by atoms with van der Waals surface area (Å²) in [6.07, 6.45) is -1.69. The molecule has 2 aliphatic heterocycles. The summed E-state index contributed by atoms with van der Waals surface area (Å²) in [5.74, 6) is -0.328. The fourth-order valence-electron chi connectivity index (χ4n) is 4.29. The molecule has 8 heteroatoms. The van der Waals surface area contributed by atoms with Crippen LogP contribution < -0.4 is 5.32 Å². The minimum Gasteiger partial charge on any atom is -0.392 e. The normalized spacial score (nSPS) is 29.1. The number of rotatable bonds is 4. The zero-order valence-electron chi connectivity index (χ0n) is 15.5. The number of carbonyl (C=O) groups excluding carboxylic acids is 1. The summed E-state index contributed by atoms with van der Waals surface area (Å²) in [5, 5.41) is 12.8. The van der Waals surface area contributed by atoms with Crippen molar-refractivity contribution >= 4 is 5.91 Å². The molecule has 4 rings (SSSR count). The molecule has 1 amide bonds. The number of carbonyl (C=O) groups is 1. The number of likely N-dealkylation sites (tertiary alicyclic amines) is 1. The van der Waals surface area contributed by atoms with Crippen molar-refractivity contribution in [1.82, 2.24) is 10.2 Å². The number of aliphatic hydroxyl groups excluding tert-OH is 1. The first kappa shape index (κ1) is 19.7. The van der Waals surface area contributed by atoms with Crippen LogP contribution in [0.3, 0.4) is 0 Å². The fraction of sp³-hybridized carbons (Fsp3) is 0.650. The Bertz CT molecular complexity index is 736. The number of nitrogens with zero attached hydrogens (tertiary/aromatic N) is 1. The van der Waals surface area contributed by atoms with Crippen molar-refractivity contribution in [1.29, 1.82) is 0 Å². The van der Waals surface area contributed by atoms with Crippen LogP contribution in [0.25, 0.3) is 0 Å². The van der Waals surface area contributed by atoms with Crippen LogP contribution in [0.15, 0.2) is 18.2 Å². The molecule has 2 heterocycles. The van der Waals surface area contributed by atoms with E-state index in [0.29, 0.717) is 37.3 Å². The fourth-order valence-corrected chi connectivity index (χ4v) is 4.29. The van der Waals surface area contributed by atoms with E-state index in [1.807, 2.05) is 0 Å². The Kier molecular flexibility index (Phi) is 5.37.